The summed E-state index contributed by atoms with van der Waals surface area (Å²) >= 11 is 1.77. The van der Waals surface area contributed by atoms with Gasteiger partial charge >= 0.3 is 0 Å². The lowest BCUT2D eigenvalue weighted by molar-refractivity contribution is -0.384. The molecule has 0 spiro atoms. The lowest BCUT2D eigenvalue weighted by Crippen LogP contribution is -2.58. The molecule has 0 aromatic heterocycles. The zero-order valence-corrected chi connectivity index (χ0v) is 12.9. The third-order valence-electron chi connectivity index (χ3n) is 3.31. The van der Waals surface area contributed by atoms with Crippen LogP contribution in [0.2, 0.25) is 0 Å². The number of hydrogen-bond donors (Lipinski definition) is 1. The molecule has 1 aliphatic heterocycles. The molecule has 0 bridgehead atoms. The molecule has 1 saturated heterocycles. The highest BCUT2D eigenvalue weighted by Gasteiger charge is 2.34. The highest BCUT2D eigenvalue weighted by atomic mass is 127. The van der Waals surface area contributed by atoms with E-state index in [0.29, 0.717) is 18.8 Å². The molecule has 1 fully saturated rings. The number of benzene rings is 1. The Labute approximate surface area is 124 Å². The predicted octanol–water partition coefficient (Wildman–Crippen LogP) is 2.53. The molecule has 1 N–H and O–H groups in total. The van der Waals surface area contributed by atoms with E-state index >= 15 is 0 Å². The van der Waals surface area contributed by atoms with Gasteiger partial charge in [-0.25, -0.2) is 4.39 Å². The number of anilines is 1. The van der Waals surface area contributed by atoms with Crippen LogP contribution >= 0.6 is 22.6 Å². The average Bonchev–Trinajstić information content (AvgIpc) is 2.31. The lowest BCUT2D eigenvalue weighted by atomic mass is 9.98. The predicted molar refractivity (Wildman–Crippen MR) is 80.1 cm³/mol. The Hall–Kier alpha value is -0.960. The Morgan fingerprint density at radius 3 is 2.79 bits per heavy atom. The van der Waals surface area contributed by atoms with Gasteiger partial charge in [0.25, 0.3) is 5.69 Å². The number of nitro benzene ring substituents is 1. The molecule has 2 rings (SSSR count). The van der Waals surface area contributed by atoms with E-state index in [4.69, 9.17) is 0 Å². The molecule has 5 nitrogen and oxygen atoms in total. The van der Waals surface area contributed by atoms with E-state index in [0.717, 1.165) is 6.54 Å². The largest absolute Gasteiger partial charge is 0.358 e. The number of nitro groups is 1. The van der Waals surface area contributed by atoms with Gasteiger partial charge in [-0.05, 0) is 36.4 Å². The molecule has 0 aliphatic carbocycles. The van der Waals surface area contributed by atoms with E-state index in [1.165, 1.54) is 12.1 Å². The van der Waals surface area contributed by atoms with Crippen molar-refractivity contribution < 1.29 is 9.31 Å². The molecule has 1 aromatic carbocycles. The zero-order chi connectivity index (χ0) is 14.2. The van der Waals surface area contributed by atoms with Crippen LogP contribution in [0, 0.1) is 19.5 Å². The van der Waals surface area contributed by atoms with Gasteiger partial charge in [0, 0.05) is 37.3 Å². The fourth-order valence-corrected chi connectivity index (χ4v) is 2.77. The van der Waals surface area contributed by atoms with Crippen LogP contribution in [0.1, 0.15) is 13.8 Å². The monoisotopic (exact) mass is 379 g/mol. The minimum Gasteiger partial charge on any atom is -0.358 e. The van der Waals surface area contributed by atoms with Crippen molar-refractivity contribution in [3.63, 3.8) is 0 Å². The summed E-state index contributed by atoms with van der Waals surface area (Å²) in [5.41, 5.74) is 0.0255. The van der Waals surface area contributed by atoms with E-state index in [-0.39, 0.29) is 14.8 Å². The molecule has 104 valence electrons. The maximum atomic E-state index is 13.8. The summed E-state index contributed by atoms with van der Waals surface area (Å²) in [7, 11) is 0. The molecular weight excluding hydrogens is 364 g/mol. The zero-order valence-electron chi connectivity index (χ0n) is 10.7. The highest BCUT2D eigenvalue weighted by Crippen LogP contribution is 2.35. The summed E-state index contributed by atoms with van der Waals surface area (Å²) in [5, 5.41) is 14.4. The quantitative estimate of drug-likeness (QED) is 0.488. The summed E-state index contributed by atoms with van der Waals surface area (Å²) in [6.07, 6.45) is 0. The second-order valence-electron chi connectivity index (χ2n) is 5.15. The minimum absolute atomic E-state index is 0.0409. The number of nitrogens with zero attached hydrogens (tertiary/aromatic N) is 2. The van der Waals surface area contributed by atoms with Gasteiger partial charge in [0.1, 0.15) is 11.5 Å². The van der Waals surface area contributed by atoms with Gasteiger partial charge in [0.05, 0.1) is 8.49 Å². The smallest absolute Gasteiger partial charge is 0.293 e. The molecule has 7 heteroatoms. The van der Waals surface area contributed by atoms with Crippen molar-refractivity contribution in [1.82, 2.24) is 5.32 Å². The molecule has 0 radical (unpaired) electrons. The second-order valence-corrected chi connectivity index (χ2v) is 6.32. The normalized spacial score (nSPS) is 18.4. The van der Waals surface area contributed by atoms with Gasteiger partial charge in [-0.15, -0.1) is 0 Å². The third-order valence-corrected chi connectivity index (χ3v) is 4.13. The van der Waals surface area contributed by atoms with Crippen molar-refractivity contribution >= 4 is 34.0 Å². The summed E-state index contributed by atoms with van der Waals surface area (Å²) < 4.78 is 14.0. The Balaban J connectivity index is 2.54. The fraction of sp³-hybridized carbons (Fsp3) is 0.500. The van der Waals surface area contributed by atoms with Crippen LogP contribution in [0.4, 0.5) is 15.8 Å². The second kappa shape index (κ2) is 5.20. The summed E-state index contributed by atoms with van der Waals surface area (Å²) in [6, 6.07) is 2.57. The Morgan fingerprint density at radius 2 is 2.21 bits per heavy atom. The Kier molecular flexibility index (Phi) is 3.95. The van der Waals surface area contributed by atoms with Crippen LogP contribution in [0.5, 0.6) is 0 Å². The fourth-order valence-electron chi connectivity index (χ4n) is 2.32. The summed E-state index contributed by atoms with van der Waals surface area (Å²) in [4.78, 5) is 12.6. The first-order chi connectivity index (χ1) is 8.83. The van der Waals surface area contributed by atoms with Gasteiger partial charge in [-0.1, -0.05) is 0 Å². The van der Waals surface area contributed by atoms with Crippen molar-refractivity contribution in [3.8, 4) is 0 Å². The van der Waals surface area contributed by atoms with Crippen LogP contribution in [0.15, 0.2) is 12.1 Å². The maximum absolute atomic E-state index is 13.8. The van der Waals surface area contributed by atoms with E-state index < -0.39 is 10.7 Å². The van der Waals surface area contributed by atoms with Crippen LogP contribution < -0.4 is 10.2 Å². The Bertz CT molecular complexity index is 522. The molecule has 1 aromatic rings. The SMILES string of the molecule is CC1(C)CNCCN1c1cc(F)c(I)cc1[N+](=O)[O-]. The van der Waals surface area contributed by atoms with Crippen LogP contribution in [-0.4, -0.2) is 30.1 Å². The van der Waals surface area contributed by atoms with E-state index in [1.807, 2.05) is 18.7 Å². The molecule has 1 aliphatic rings. The summed E-state index contributed by atoms with van der Waals surface area (Å²) in [6.45, 7) is 6.03. The van der Waals surface area contributed by atoms with Gasteiger partial charge < -0.3 is 10.2 Å². The molecule has 1 heterocycles. The molecule has 0 amide bonds. The van der Waals surface area contributed by atoms with Crippen molar-refractivity contribution in [1.29, 1.82) is 0 Å². The van der Waals surface area contributed by atoms with Crippen molar-refractivity contribution in [3.05, 3.63) is 31.6 Å². The first kappa shape index (κ1) is 14.4. The minimum atomic E-state index is -0.449. The molecule has 0 saturated carbocycles. The van der Waals surface area contributed by atoms with E-state index in [9.17, 15) is 14.5 Å². The number of piperazine rings is 1. The number of hydrogen-bond acceptors (Lipinski definition) is 4. The molecule has 0 atom stereocenters. The van der Waals surface area contributed by atoms with Gasteiger partial charge in [-0.3, -0.25) is 10.1 Å². The van der Waals surface area contributed by atoms with E-state index in [2.05, 4.69) is 5.32 Å². The number of halogens is 2. The lowest BCUT2D eigenvalue weighted by Gasteiger charge is -2.44. The van der Waals surface area contributed by atoms with Crippen molar-refractivity contribution in [2.45, 2.75) is 19.4 Å². The first-order valence-corrected chi connectivity index (χ1v) is 7.02. The van der Waals surface area contributed by atoms with Crippen molar-refractivity contribution in [2.24, 2.45) is 0 Å². The van der Waals surface area contributed by atoms with Crippen LogP contribution in [0.25, 0.3) is 0 Å². The van der Waals surface area contributed by atoms with Gasteiger partial charge in [0.15, 0.2) is 0 Å². The number of rotatable bonds is 2. The first-order valence-electron chi connectivity index (χ1n) is 5.95. The highest BCUT2D eigenvalue weighted by molar-refractivity contribution is 14.1. The van der Waals surface area contributed by atoms with Crippen LogP contribution in [-0.2, 0) is 0 Å². The topological polar surface area (TPSA) is 58.4 Å². The average molecular weight is 379 g/mol. The van der Waals surface area contributed by atoms with Gasteiger partial charge in [0.2, 0.25) is 0 Å². The standard InChI is InChI=1S/C12H15FIN3O2/c1-12(2)7-15-3-4-16(12)10-5-8(13)9(14)6-11(10)17(18)19/h5-6,15H,3-4,7H2,1-2H3. The molecular formula is C12H15FIN3O2. The van der Waals surface area contributed by atoms with Crippen molar-refractivity contribution in [2.75, 3.05) is 24.5 Å². The maximum Gasteiger partial charge on any atom is 0.293 e. The third kappa shape index (κ3) is 2.81. The van der Waals surface area contributed by atoms with E-state index in [1.54, 1.807) is 22.6 Å². The van der Waals surface area contributed by atoms with Crippen LogP contribution in [0.3, 0.4) is 0 Å². The Morgan fingerprint density at radius 1 is 1.53 bits per heavy atom. The summed E-state index contributed by atoms with van der Waals surface area (Å²) in [5.74, 6) is -0.421. The van der Waals surface area contributed by atoms with Gasteiger partial charge in [-0.2, -0.15) is 0 Å². The molecule has 0 unspecified atom stereocenters. The number of nitrogens with one attached hydrogen (secondary N) is 1. The molecule has 19 heavy (non-hydrogen) atoms.